The lowest BCUT2D eigenvalue weighted by molar-refractivity contribution is 0.0931. The summed E-state index contributed by atoms with van der Waals surface area (Å²) in [5.41, 5.74) is 1.24. The summed E-state index contributed by atoms with van der Waals surface area (Å²) in [5, 5.41) is 2.96. The van der Waals surface area contributed by atoms with Crippen molar-refractivity contribution in [2.75, 3.05) is 0 Å². The average Bonchev–Trinajstić information content (AvgIpc) is 3.45. The molecule has 0 aliphatic heterocycles. The van der Waals surface area contributed by atoms with Gasteiger partial charge in [0.1, 0.15) is 0 Å². The third kappa shape index (κ3) is 3.87. The molecule has 0 spiro atoms. The largest absolute Gasteiger partial charge is 0.345 e. The highest BCUT2D eigenvalue weighted by atomic mass is 32.2. The molecule has 1 amide bonds. The van der Waals surface area contributed by atoms with Gasteiger partial charge in [0, 0.05) is 5.56 Å². The van der Waals surface area contributed by atoms with Gasteiger partial charge in [0.15, 0.2) is 0 Å². The molecule has 0 heterocycles. The summed E-state index contributed by atoms with van der Waals surface area (Å²) in [5.74, 6) is -3.46. The molecule has 0 radical (unpaired) electrons. The van der Waals surface area contributed by atoms with Crippen LogP contribution < -0.4 is 5.32 Å². The lowest BCUT2D eigenvalue weighted by Gasteiger charge is -2.19. The predicted octanol–water partition coefficient (Wildman–Crippen LogP) is 3.56. The number of carbonyl (C=O) groups is 1. The Balaban J connectivity index is 1.77. The molecule has 1 aliphatic carbocycles. The Morgan fingerprint density at radius 2 is 1.60 bits per heavy atom. The van der Waals surface area contributed by atoms with Gasteiger partial charge >= 0.3 is 5.76 Å². The van der Waals surface area contributed by atoms with Gasteiger partial charge in [0.05, 0.1) is 10.9 Å². The van der Waals surface area contributed by atoms with Crippen molar-refractivity contribution in [3.63, 3.8) is 0 Å². The second-order valence-corrected chi connectivity index (χ2v) is 7.95. The maximum atomic E-state index is 12.5. The average molecular weight is 365 g/mol. The molecule has 1 aliphatic rings. The molecule has 0 saturated heterocycles. The molecular weight excluding hydrogens is 348 g/mol. The second-order valence-electron chi connectivity index (χ2n) is 6.03. The van der Waals surface area contributed by atoms with E-state index in [1.165, 1.54) is 12.1 Å². The van der Waals surface area contributed by atoms with E-state index in [0.717, 1.165) is 30.5 Å². The number of hydrogen-bond acceptors (Lipinski definition) is 3. The Morgan fingerprint density at radius 3 is 2.12 bits per heavy atom. The Hall–Kier alpha value is -2.28. The number of carbonyl (C=O) groups excluding carboxylic acids is 1. The SMILES string of the molecule is O=C(NC(c1ccccc1)C1CC1)c1ccc(S(=O)(=O)C(F)F)cc1. The van der Waals surface area contributed by atoms with Crippen LogP contribution in [0.4, 0.5) is 8.78 Å². The van der Waals surface area contributed by atoms with Gasteiger partial charge in [-0.15, -0.1) is 0 Å². The molecule has 0 aromatic heterocycles. The van der Waals surface area contributed by atoms with Crippen LogP contribution in [-0.2, 0) is 9.84 Å². The fourth-order valence-electron chi connectivity index (χ4n) is 2.69. The molecule has 0 bridgehead atoms. The Labute approximate surface area is 144 Å². The molecule has 132 valence electrons. The molecule has 25 heavy (non-hydrogen) atoms. The van der Waals surface area contributed by atoms with E-state index in [2.05, 4.69) is 5.32 Å². The van der Waals surface area contributed by atoms with Crippen LogP contribution in [0.1, 0.15) is 34.8 Å². The molecule has 1 fully saturated rings. The summed E-state index contributed by atoms with van der Waals surface area (Å²) in [6, 6.07) is 14.1. The summed E-state index contributed by atoms with van der Waals surface area (Å²) < 4.78 is 47.9. The summed E-state index contributed by atoms with van der Waals surface area (Å²) in [4.78, 5) is 11.9. The minimum absolute atomic E-state index is 0.113. The van der Waals surface area contributed by atoms with Crippen molar-refractivity contribution in [3.05, 3.63) is 65.7 Å². The number of nitrogens with one attached hydrogen (secondary N) is 1. The summed E-state index contributed by atoms with van der Waals surface area (Å²) >= 11 is 0. The molecular formula is C18H17F2NO3S. The number of rotatable bonds is 6. The maximum absolute atomic E-state index is 12.5. The minimum atomic E-state index is -4.65. The summed E-state index contributed by atoms with van der Waals surface area (Å²) in [7, 11) is -4.65. The molecule has 2 aromatic carbocycles. The van der Waals surface area contributed by atoms with Gasteiger partial charge in [-0.1, -0.05) is 30.3 Å². The predicted molar refractivity (Wildman–Crippen MR) is 89.0 cm³/mol. The lowest BCUT2D eigenvalue weighted by Crippen LogP contribution is -2.29. The standard InChI is InChI=1S/C18H17F2NO3S/c19-18(20)25(23,24)15-10-8-14(9-11-15)17(22)21-16(13-6-7-13)12-4-2-1-3-5-12/h1-5,8-11,13,16,18H,6-7H2,(H,21,22). The van der Waals surface area contributed by atoms with Crippen LogP contribution in [0.2, 0.25) is 0 Å². The van der Waals surface area contributed by atoms with E-state index in [1.54, 1.807) is 0 Å². The molecule has 4 nitrogen and oxygen atoms in total. The van der Waals surface area contributed by atoms with E-state index < -0.39 is 20.5 Å². The molecule has 1 N–H and O–H groups in total. The molecule has 1 atom stereocenters. The number of alkyl halides is 2. The molecule has 1 saturated carbocycles. The summed E-state index contributed by atoms with van der Waals surface area (Å²) in [6.45, 7) is 0. The van der Waals surface area contributed by atoms with Crippen molar-refractivity contribution in [1.29, 1.82) is 0 Å². The number of benzene rings is 2. The van der Waals surface area contributed by atoms with Crippen molar-refractivity contribution in [2.45, 2.75) is 29.5 Å². The zero-order valence-electron chi connectivity index (χ0n) is 13.2. The first-order chi connectivity index (χ1) is 11.9. The van der Waals surface area contributed by atoms with Crippen LogP contribution in [0.3, 0.4) is 0 Å². The Morgan fingerprint density at radius 1 is 1.00 bits per heavy atom. The van der Waals surface area contributed by atoms with Gasteiger partial charge in [0.2, 0.25) is 9.84 Å². The number of amides is 1. The first-order valence-electron chi connectivity index (χ1n) is 7.87. The number of hydrogen-bond donors (Lipinski definition) is 1. The highest BCUT2D eigenvalue weighted by Gasteiger charge is 2.33. The van der Waals surface area contributed by atoms with Crippen LogP contribution in [0.25, 0.3) is 0 Å². The van der Waals surface area contributed by atoms with E-state index in [-0.39, 0.29) is 17.5 Å². The minimum Gasteiger partial charge on any atom is -0.345 e. The zero-order chi connectivity index (χ0) is 18.0. The highest BCUT2D eigenvalue weighted by Crippen LogP contribution is 2.41. The van der Waals surface area contributed by atoms with Crippen molar-refractivity contribution in [1.82, 2.24) is 5.32 Å². The highest BCUT2D eigenvalue weighted by molar-refractivity contribution is 7.91. The zero-order valence-corrected chi connectivity index (χ0v) is 14.0. The van der Waals surface area contributed by atoms with Crippen molar-refractivity contribution in [3.8, 4) is 0 Å². The number of halogens is 2. The van der Waals surface area contributed by atoms with Crippen LogP contribution in [-0.4, -0.2) is 20.1 Å². The van der Waals surface area contributed by atoms with E-state index >= 15 is 0 Å². The van der Waals surface area contributed by atoms with E-state index in [1.807, 2.05) is 30.3 Å². The monoisotopic (exact) mass is 365 g/mol. The van der Waals surface area contributed by atoms with Gasteiger partial charge in [0.25, 0.3) is 5.91 Å². The lowest BCUT2D eigenvalue weighted by atomic mass is 10.0. The van der Waals surface area contributed by atoms with Crippen LogP contribution in [0, 0.1) is 5.92 Å². The molecule has 7 heteroatoms. The van der Waals surface area contributed by atoms with Crippen LogP contribution in [0.5, 0.6) is 0 Å². The fourth-order valence-corrected chi connectivity index (χ4v) is 3.41. The Bertz CT molecular complexity index is 848. The van der Waals surface area contributed by atoms with E-state index in [9.17, 15) is 22.0 Å². The summed E-state index contributed by atoms with van der Waals surface area (Å²) in [6.07, 6.45) is 2.07. The van der Waals surface area contributed by atoms with Crippen LogP contribution >= 0.6 is 0 Å². The van der Waals surface area contributed by atoms with Gasteiger partial charge in [-0.2, -0.15) is 8.78 Å². The molecule has 2 aromatic rings. The molecule has 1 unspecified atom stereocenters. The van der Waals surface area contributed by atoms with Gasteiger partial charge in [-0.05, 0) is 48.6 Å². The quantitative estimate of drug-likeness (QED) is 0.851. The number of sulfone groups is 1. The van der Waals surface area contributed by atoms with Crippen molar-refractivity contribution >= 4 is 15.7 Å². The van der Waals surface area contributed by atoms with Crippen molar-refractivity contribution < 1.29 is 22.0 Å². The van der Waals surface area contributed by atoms with Gasteiger partial charge in [-0.3, -0.25) is 4.79 Å². The van der Waals surface area contributed by atoms with Crippen LogP contribution in [0.15, 0.2) is 59.5 Å². The first-order valence-corrected chi connectivity index (χ1v) is 9.42. The smallest absolute Gasteiger partial charge is 0.341 e. The first kappa shape index (κ1) is 17.5. The maximum Gasteiger partial charge on any atom is 0.341 e. The van der Waals surface area contributed by atoms with Gasteiger partial charge in [-0.25, -0.2) is 8.42 Å². The third-order valence-electron chi connectivity index (χ3n) is 4.22. The topological polar surface area (TPSA) is 63.2 Å². The van der Waals surface area contributed by atoms with Gasteiger partial charge < -0.3 is 5.32 Å². The van der Waals surface area contributed by atoms with E-state index in [0.29, 0.717) is 5.92 Å². The third-order valence-corrected chi connectivity index (χ3v) is 5.62. The second kappa shape index (κ2) is 6.92. The Kier molecular flexibility index (Phi) is 4.85. The van der Waals surface area contributed by atoms with Crippen molar-refractivity contribution in [2.24, 2.45) is 5.92 Å². The fraction of sp³-hybridized carbons (Fsp3) is 0.278. The van der Waals surface area contributed by atoms with E-state index in [4.69, 9.17) is 0 Å². The normalized spacial score (nSPS) is 15.8. The molecule has 3 rings (SSSR count).